The van der Waals surface area contributed by atoms with Gasteiger partial charge >= 0.3 is 0 Å². The number of amides is 1. The van der Waals surface area contributed by atoms with Gasteiger partial charge in [-0.2, -0.15) is 5.10 Å². The highest BCUT2D eigenvalue weighted by atomic mass is 16.5. The molecule has 192 valence electrons. The summed E-state index contributed by atoms with van der Waals surface area (Å²) in [6, 6.07) is 18.6. The number of likely N-dealkylation sites (N-methyl/N-ethyl adjacent to an activating group) is 1. The van der Waals surface area contributed by atoms with E-state index in [9.17, 15) is 4.79 Å². The minimum absolute atomic E-state index is 0.0341. The molecule has 1 aromatic heterocycles. The van der Waals surface area contributed by atoms with Gasteiger partial charge in [-0.3, -0.25) is 14.4 Å². The van der Waals surface area contributed by atoms with Crippen LogP contribution in [0.15, 0.2) is 54.6 Å². The monoisotopic (exact) mass is 490 g/mol. The number of hydrogen-bond acceptors (Lipinski definition) is 5. The van der Waals surface area contributed by atoms with Gasteiger partial charge < -0.3 is 14.4 Å². The van der Waals surface area contributed by atoms with Gasteiger partial charge in [0.25, 0.3) is 5.91 Å². The number of methoxy groups -OCH3 is 2. The molecule has 1 amide bonds. The molecule has 0 N–H and O–H groups in total. The van der Waals surface area contributed by atoms with Gasteiger partial charge in [0.05, 0.1) is 19.9 Å². The second-order valence-corrected chi connectivity index (χ2v) is 9.77. The van der Waals surface area contributed by atoms with E-state index in [-0.39, 0.29) is 11.9 Å². The van der Waals surface area contributed by atoms with E-state index in [1.165, 1.54) is 11.1 Å². The Hall–Kier alpha value is -3.32. The molecule has 1 aliphatic rings. The van der Waals surface area contributed by atoms with Gasteiger partial charge in [0, 0.05) is 26.7 Å². The van der Waals surface area contributed by atoms with Crippen LogP contribution in [0.3, 0.4) is 0 Å². The quantitative estimate of drug-likeness (QED) is 0.447. The minimum Gasteiger partial charge on any atom is -0.493 e. The van der Waals surface area contributed by atoms with Gasteiger partial charge in [-0.05, 0) is 74.5 Å². The summed E-state index contributed by atoms with van der Waals surface area (Å²) >= 11 is 0. The number of aryl methyl sites for hydroxylation is 2. The molecule has 0 bridgehead atoms. The molecule has 1 atom stereocenters. The van der Waals surface area contributed by atoms with Crippen LogP contribution in [-0.2, 0) is 20.0 Å². The Labute approximate surface area is 214 Å². The van der Waals surface area contributed by atoms with E-state index >= 15 is 0 Å². The summed E-state index contributed by atoms with van der Waals surface area (Å²) < 4.78 is 12.5. The lowest BCUT2D eigenvalue weighted by Crippen LogP contribution is -2.47. The first-order chi connectivity index (χ1) is 17.4. The normalized spacial score (nSPS) is 15.5. The van der Waals surface area contributed by atoms with Gasteiger partial charge in [-0.25, -0.2) is 0 Å². The Kier molecular flexibility index (Phi) is 8.31. The Morgan fingerprint density at radius 2 is 1.72 bits per heavy atom. The third kappa shape index (κ3) is 5.90. The SMILES string of the molecule is COc1ccc(CN2CCC([C@@H](Cc3ccccc3)N(C)C(=O)c3cc(C)nn3C)CC2)cc1OC. The molecule has 3 aromatic rings. The Balaban J connectivity index is 1.46. The smallest absolute Gasteiger partial charge is 0.272 e. The van der Waals surface area contributed by atoms with E-state index in [1.807, 2.05) is 44.1 Å². The fraction of sp³-hybridized carbons (Fsp3) is 0.448. The first-order valence-corrected chi connectivity index (χ1v) is 12.6. The van der Waals surface area contributed by atoms with Crippen molar-refractivity contribution in [3.63, 3.8) is 0 Å². The summed E-state index contributed by atoms with van der Waals surface area (Å²) in [5.41, 5.74) is 3.97. The van der Waals surface area contributed by atoms with Crippen molar-refractivity contribution in [2.24, 2.45) is 13.0 Å². The topological polar surface area (TPSA) is 59.8 Å². The van der Waals surface area contributed by atoms with Gasteiger partial charge in [0.1, 0.15) is 5.69 Å². The number of ether oxygens (including phenoxy) is 2. The highest BCUT2D eigenvalue weighted by Crippen LogP contribution is 2.31. The molecular weight excluding hydrogens is 452 g/mol. The molecule has 4 rings (SSSR count). The number of benzene rings is 2. The zero-order chi connectivity index (χ0) is 25.7. The molecule has 0 aliphatic carbocycles. The molecule has 2 heterocycles. The van der Waals surface area contributed by atoms with E-state index < -0.39 is 0 Å². The van der Waals surface area contributed by atoms with Crippen molar-refractivity contribution in [2.75, 3.05) is 34.4 Å². The number of piperidine rings is 1. The zero-order valence-electron chi connectivity index (χ0n) is 22.1. The summed E-state index contributed by atoms with van der Waals surface area (Å²) in [6.07, 6.45) is 2.94. The van der Waals surface area contributed by atoms with Crippen molar-refractivity contribution in [3.8, 4) is 11.5 Å². The second-order valence-electron chi connectivity index (χ2n) is 9.77. The third-order valence-electron chi connectivity index (χ3n) is 7.36. The van der Waals surface area contributed by atoms with Crippen LogP contribution in [0.4, 0.5) is 0 Å². The average molecular weight is 491 g/mol. The summed E-state index contributed by atoms with van der Waals surface area (Å²) in [5.74, 6) is 1.97. The lowest BCUT2D eigenvalue weighted by molar-refractivity contribution is 0.0575. The molecule has 7 nitrogen and oxygen atoms in total. The van der Waals surface area contributed by atoms with Gasteiger partial charge in [-0.1, -0.05) is 36.4 Å². The van der Waals surface area contributed by atoms with Crippen LogP contribution in [0.25, 0.3) is 0 Å². The van der Waals surface area contributed by atoms with Crippen molar-refractivity contribution >= 4 is 5.91 Å². The van der Waals surface area contributed by atoms with Gasteiger partial charge in [-0.15, -0.1) is 0 Å². The number of hydrogen-bond donors (Lipinski definition) is 0. The van der Waals surface area contributed by atoms with Crippen molar-refractivity contribution in [3.05, 3.63) is 77.1 Å². The first-order valence-electron chi connectivity index (χ1n) is 12.6. The highest BCUT2D eigenvalue weighted by Gasteiger charge is 2.33. The maximum absolute atomic E-state index is 13.5. The van der Waals surface area contributed by atoms with Crippen LogP contribution in [0.2, 0.25) is 0 Å². The summed E-state index contributed by atoms with van der Waals surface area (Å²) in [5, 5.41) is 4.39. The average Bonchev–Trinajstić information content (AvgIpc) is 3.25. The largest absolute Gasteiger partial charge is 0.493 e. The number of rotatable bonds is 9. The van der Waals surface area contributed by atoms with E-state index in [2.05, 4.69) is 46.4 Å². The first kappa shape index (κ1) is 25.8. The molecule has 7 heteroatoms. The standard InChI is InChI=1S/C29H38N4O3/c1-21-17-26(32(3)30-21)29(34)31(2)25(18-22-9-7-6-8-10-22)24-13-15-33(16-14-24)20-23-11-12-27(35-4)28(19-23)36-5/h6-12,17,19,24-25H,13-16,18,20H2,1-5H3/t25-/m1/s1. The molecule has 0 unspecified atom stereocenters. The number of carbonyl (C=O) groups excluding carboxylic acids is 1. The van der Waals surface area contributed by atoms with Gasteiger partial charge in [0.2, 0.25) is 0 Å². The number of nitrogens with zero attached hydrogens (tertiary/aromatic N) is 4. The van der Waals surface area contributed by atoms with E-state index in [1.54, 1.807) is 18.9 Å². The van der Waals surface area contributed by atoms with Crippen LogP contribution in [-0.4, -0.2) is 65.9 Å². The Bertz CT molecular complexity index is 1150. The third-order valence-corrected chi connectivity index (χ3v) is 7.36. The molecule has 1 fully saturated rings. The minimum atomic E-state index is 0.0341. The number of likely N-dealkylation sites (tertiary alicyclic amines) is 1. The zero-order valence-corrected chi connectivity index (χ0v) is 22.1. The van der Waals surface area contributed by atoms with Crippen molar-refractivity contribution in [1.29, 1.82) is 0 Å². The predicted molar refractivity (Wildman–Crippen MR) is 142 cm³/mol. The molecule has 1 aliphatic heterocycles. The Morgan fingerprint density at radius 1 is 1.03 bits per heavy atom. The van der Waals surface area contributed by atoms with Crippen molar-refractivity contribution < 1.29 is 14.3 Å². The molecular formula is C29H38N4O3. The number of carbonyl (C=O) groups is 1. The van der Waals surface area contributed by atoms with Crippen LogP contribution in [0.1, 0.15) is 40.2 Å². The summed E-state index contributed by atoms with van der Waals surface area (Å²) in [6.45, 7) is 4.79. The lowest BCUT2D eigenvalue weighted by Gasteiger charge is -2.40. The van der Waals surface area contributed by atoms with Gasteiger partial charge in [0.15, 0.2) is 11.5 Å². The summed E-state index contributed by atoms with van der Waals surface area (Å²) in [4.78, 5) is 18.0. The highest BCUT2D eigenvalue weighted by molar-refractivity contribution is 5.92. The van der Waals surface area contributed by atoms with Crippen LogP contribution >= 0.6 is 0 Å². The van der Waals surface area contributed by atoms with Crippen LogP contribution < -0.4 is 9.47 Å². The molecule has 36 heavy (non-hydrogen) atoms. The lowest BCUT2D eigenvalue weighted by atomic mass is 9.84. The van der Waals surface area contributed by atoms with Crippen LogP contribution in [0, 0.1) is 12.8 Å². The molecule has 2 aromatic carbocycles. The second kappa shape index (κ2) is 11.6. The molecule has 0 saturated carbocycles. The van der Waals surface area contributed by atoms with E-state index in [4.69, 9.17) is 9.47 Å². The predicted octanol–water partition coefficient (Wildman–Crippen LogP) is 4.34. The van der Waals surface area contributed by atoms with Crippen molar-refractivity contribution in [2.45, 2.75) is 38.8 Å². The summed E-state index contributed by atoms with van der Waals surface area (Å²) in [7, 11) is 7.12. The molecule has 1 saturated heterocycles. The maximum Gasteiger partial charge on any atom is 0.272 e. The molecule has 0 radical (unpaired) electrons. The van der Waals surface area contributed by atoms with Crippen molar-refractivity contribution in [1.82, 2.24) is 19.6 Å². The Morgan fingerprint density at radius 3 is 2.33 bits per heavy atom. The van der Waals surface area contributed by atoms with E-state index in [0.717, 1.165) is 56.1 Å². The fourth-order valence-electron chi connectivity index (χ4n) is 5.35. The van der Waals surface area contributed by atoms with Crippen LogP contribution in [0.5, 0.6) is 11.5 Å². The maximum atomic E-state index is 13.5. The molecule has 0 spiro atoms. The number of aromatic nitrogens is 2. The fourth-order valence-corrected chi connectivity index (χ4v) is 5.35. The van der Waals surface area contributed by atoms with E-state index in [0.29, 0.717) is 11.6 Å².